The standard InChI is InChI=1S/C12H20N2O3/c13-9-4-2-1-3-8(9)10(15)14-7-12(5-6-12)11(16)17/h8-9H,1-7,13H2,(H,14,15)(H,16,17). The molecule has 2 saturated carbocycles. The number of rotatable bonds is 4. The molecule has 0 spiro atoms. The van der Waals surface area contributed by atoms with Crippen LogP contribution in [0.5, 0.6) is 0 Å². The largest absolute Gasteiger partial charge is 0.481 e. The lowest BCUT2D eigenvalue weighted by Crippen LogP contribution is -2.45. The van der Waals surface area contributed by atoms with Crippen molar-refractivity contribution in [2.45, 2.75) is 44.6 Å². The molecule has 0 aliphatic heterocycles. The SMILES string of the molecule is NC1CCCCC1C(=O)NCC1(C(=O)O)CC1. The summed E-state index contributed by atoms with van der Waals surface area (Å²) in [6.45, 7) is 0.254. The third kappa shape index (κ3) is 2.60. The number of carbonyl (C=O) groups is 2. The second kappa shape index (κ2) is 4.64. The minimum Gasteiger partial charge on any atom is -0.481 e. The van der Waals surface area contributed by atoms with Gasteiger partial charge in [-0.3, -0.25) is 9.59 Å². The quantitative estimate of drug-likeness (QED) is 0.666. The number of carboxylic acid groups (broad SMARTS) is 1. The van der Waals surface area contributed by atoms with Crippen molar-refractivity contribution in [3.63, 3.8) is 0 Å². The Kier molecular flexibility index (Phi) is 3.38. The molecule has 2 unspecified atom stereocenters. The van der Waals surface area contributed by atoms with Gasteiger partial charge in [-0.05, 0) is 25.7 Å². The van der Waals surface area contributed by atoms with Crippen molar-refractivity contribution < 1.29 is 14.7 Å². The number of nitrogens with one attached hydrogen (secondary N) is 1. The molecule has 0 radical (unpaired) electrons. The average Bonchev–Trinajstić information content (AvgIpc) is 3.07. The molecule has 1 amide bonds. The van der Waals surface area contributed by atoms with E-state index in [1.807, 2.05) is 0 Å². The molecule has 0 aromatic heterocycles. The van der Waals surface area contributed by atoms with Gasteiger partial charge in [0, 0.05) is 12.6 Å². The van der Waals surface area contributed by atoms with Crippen molar-refractivity contribution in [2.24, 2.45) is 17.1 Å². The van der Waals surface area contributed by atoms with Crippen LogP contribution in [0.2, 0.25) is 0 Å². The van der Waals surface area contributed by atoms with Crippen molar-refractivity contribution in [2.75, 3.05) is 6.54 Å². The van der Waals surface area contributed by atoms with E-state index in [0.717, 1.165) is 25.7 Å². The van der Waals surface area contributed by atoms with Crippen molar-refractivity contribution in [3.05, 3.63) is 0 Å². The Labute approximate surface area is 101 Å². The van der Waals surface area contributed by atoms with Gasteiger partial charge in [0.05, 0.1) is 11.3 Å². The summed E-state index contributed by atoms with van der Waals surface area (Å²) >= 11 is 0. The zero-order valence-electron chi connectivity index (χ0n) is 9.95. The normalized spacial score (nSPS) is 30.6. The Morgan fingerprint density at radius 2 is 1.94 bits per heavy atom. The number of hydrogen-bond donors (Lipinski definition) is 3. The molecule has 0 heterocycles. The molecule has 2 rings (SSSR count). The van der Waals surface area contributed by atoms with Crippen molar-refractivity contribution in [1.82, 2.24) is 5.32 Å². The van der Waals surface area contributed by atoms with Crippen LogP contribution < -0.4 is 11.1 Å². The molecule has 2 aliphatic rings. The Balaban J connectivity index is 1.83. The number of aliphatic carboxylic acids is 1. The van der Waals surface area contributed by atoms with Crippen molar-refractivity contribution >= 4 is 11.9 Å². The van der Waals surface area contributed by atoms with Gasteiger partial charge in [0.2, 0.25) is 5.91 Å². The fourth-order valence-electron chi connectivity index (χ4n) is 2.49. The van der Waals surface area contributed by atoms with E-state index >= 15 is 0 Å². The molecule has 4 N–H and O–H groups in total. The van der Waals surface area contributed by atoms with Crippen LogP contribution in [0.4, 0.5) is 0 Å². The third-order valence-corrected chi connectivity index (χ3v) is 4.06. The first kappa shape index (κ1) is 12.4. The van der Waals surface area contributed by atoms with Crippen LogP contribution >= 0.6 is 0 Å². The van der Waals surface area contributed by atoms with E-state index in [0.29, 0.717) is 12.8 Å². The predicted molar refractivity (Wildman–Crippen MR) is 62.2 cm³/mol. The summed E-state index contributed by atoms with van der Waals surface area (Å²) in [4.78, 5) is 22.9. The van der Waals surface area contributed by atoms with Gasteiger partial charge in [0.1, 0.15) is 0 Å². The molecule has 0 aromatic rings. The van der Waals surface area contributed by atoms with Crippen LogP contribution in [0, 0.1) is 11.3 Å². The first-order chi connectivity index (χ1) is 8.05. The lowest BCUT2D eigenvalue weighted by atomic mass is 9.84. The Morgan fingerprint density at radius 3 is 2.47 bits per heavy atom. The van der Waals surface area contributed by atoms with Crippen molar-refractivity contribution in [1.29, 1.82) is 0 Å². The highest BCUT2D eigenvalue weighted by atomic mass is 16.4. The maximum Gasteiger partial charge on any atom is 0.311 e. The second-order valence-electron chi connectivity index (χ2n) is 5.36. The third-order valence-electron chi connectivity index (χ3n) is 4.06. The number of amides is 1. The molecule has 2 fully saturated rings. The monoisotopic (exact) mass is 240 g/mol. The van der Waals surface area contributed by atoms with Gasteiger partial charge in [-0.1, -0.05) is 12.8 Å². The van der Waals surface area contributed by atoms with Crippen LogP contribution in [0.1, 0.15) is 38.5 Å². The lowest BCUT2D eigenvalue weighted by molar-refractivity contribution is -0.143. The van der Waals surface area contributed by atoms with Crippen LogP contribution in [0.3, 0.4) is 0 Å². The number of hydrogen-bond acceptors (Lipinski definition) is 3. The number of carboxylic acids is 1. The second-order valence-corrected chi connectivity index (χ2v) is 5.36. The summed E-state index contributed by atoms with van der Waals surface area (Å²) in [7, 11) is 0. The van der Waals surface area contributed by atoms with Gasteiger partial charge in [-0.2, -0.15) is 0 Å². The molecule has 0 bridgehead atoms. The van der Waals surface area contributed by atoms with Crippen LogP contribution in [-0.2, 0) is 9.59 Å². The molecular weight excluding hydrogens is 220 g/mol. The van der Waals surface area contributed by atoms with Gasteiger partial charge in [-0.25, -0.2) is 0 Å². The minimum atomic E-state index is -0.800. The fraction of sp³-hybridized carbons (Fsp3) is 0.833. The molecule has 5 heteroatoms. The Bertz CT molecular complexity index is 326. The lowest BCUT2D eigenvalue weighted by Gasteiger charge is -2.27. The molecule has 0 aromatic carbocycles. The maximum absolute atomic E-state index is 11.9. The molecule has 96 valence electrons. The van der Waals surface area contributed by atoms with Crippen LogP contribution in [0.25, 0.3) is 0 Å². The summed E-state index contributed by atoms with van der Waals surface area (Å²) in [5.74, 6) is -0.996. The summed E-state index contributed by atoms with van der Waals surface area (Å²) in [5, 5.41) is 11.8. The highest BCUT2D eigenvalue weighted by Gasteiger charge is 2.50. The molecule has 0 saturated heterocycles. The summed E-state index contributed by atoms with van der Waals surface area (Å²) < 4.78 is 0. The summed E-state index contributed by atoms with van der Waals surface area (Å²) in [6, 6.07) is -0.0660. The zero-order chi connectivity index (χ0) is 12.5. The molecular formula is C12H20N2O3. The summed E-state index contributed by atoms with van der Waals surface area (Å²) in [6.07, 6.45) is 5.17. The van der Waals surface area contributed by atoms with Gasteiger partial charge in [0.25, 0.3) is 0 Å². The van der Waals surface area contributed by atoms with Gasteiger partial charge in [-0.15, -0.1) is 0 Å². The smallest absolute Gasteiger partial charge is 0.311 e. The topological polar surface area (TPSA) is 92.4 Å². The molecule has 2 aliphatic carbocycles. The molecule has 2 atom stereocenters. The molecule has 5 nitrogen and oxygen atoms in total. The van der Waals surface area contributed by atoms with E-state index in [4.69, 9.17) is 10.8 Å². The van der Waals surface area contributed by atoms with E-state index in [2.05, 4.69) is 5.32 Å². The fourth-order valence-corrected chi connectivity index (χ4v) is 2.49. The van der Waals surface area contributed by atoms with Crippen LogP contribution in [-0.4, -0.2) is 29.6 Å². The minimum absolute atomic E-state index is 0.0651. The van der Waals surface area contributed by atoms with Crippen LogP contribution in [0.15, 0.2) is 0 Å². The van der Waals surface area contributed by atoms with E-state index in [1.165, 1.54) is 0 Å². The highest BCUT2D eigenvalue weighted by molar-refractivity contribution is 5.82. The predicted octanol–water partition coefficient (Wildman–Crippen LogP) is 0.485. The number of nitrogens with two attached hydrogens (primary N) is 1. The number of carbonyl (C=O) groups excluding carboxylic acids is 1. The maximum atomic E-state index is 11.9. The zero-order valence-corrected chi connectivity index (χ0v) is 9.95. The Morgan fingerprint density at radius 1 is 1.29 bits per heavy atom. The van der Waals surface area contributed by atoms with Crippen molar-refractivity contribution in [3.8, 4) is 0 Å². The van der Waals surface area contributed by atoms with Gasteiger partial charge < -0.3 is 16.2 Å². The van der Waals surface area contributed by atoms with Gasteiger partial charge >= 0.3 is 5.97 Å². The Hall–Kier alpha value is -1.10. The van der Waals surface area contributed by atoms with E-state index in [9.17, 15) is 9.59 Å². The van der Waals surface area contributed by atoms with E-state index in [-0.39, 0.29) is 24.4 Å². The first-order valence-electron chi connectivity index (χ1n) is 6.32. The summed E-state index contributed by atoms with van der Waals surface area (Å²) in [5.41, 5.74) is 5.23. The highest BCUT2D eigenvalue weighted by Crippen LogP contribution is 2.45. The molecule has 17 heavy (non-hydrogen) atoms. The van der Waals surface area contributed by atoms with Gasteiger partial charge in [0.15, 0.2) is 0 Å². The average molecular weight is 240 g/mol. The van der Waals surface area contributed by atoms with E-state index < -0.39 is 11.4 Å². The first-order valence-corrected chi connectivity index (χ1v) is 6.32. The van der Waals surface area contributed by atoms with E-state index in [1.54, 1.807) is 0 Å².